The summed E-state index contributed by atoms with van der Waals surface area (Å²) in [4.78, 5) is 24.5. The SMILES string of the molecule is COC1=C(C)C(=O)C(O)=C(CCCCCCCCCCCCCc2c(O)c(OC)c(C)c(OC)c2O)C1=O. The van der Waals surface area contributed by atoms with Crippen molar-refractivity contribution in [2.24, 2.45) is 0 Å². The third-order valence-electron chi connectivity index (χ3n) is 7.31. The van der Waals surface area contributed by atoms with E-state index in [1.54, 1.807) is 6.92 Å². The summed E-state index contributed by atoms with van der Waals surface area (Å²) in [5.41, 5.74) is 1.38. The number of phenols is 2. The molecule has 0 aromatic heterocycles. The molecule has 0 aliphatic heterocycles. The molecule has 0 spiro atoms. The minimum Gasteiger partial charge on any atom is -0.504 e. The zero-order chi connectivity index (χ0) is 28.2. The maximum absolute atomic E-state index is 12.4. The zero-order valence-electron chi connectivity index (χ0n) is 23.6. The molecule has 0 amide bonds. The van der Waals surface area contributed by atoms with E-state index in [1.165, 1.54) is 41.1 Å². The van der Waals surface area contributed by atoms with E-state index in [0.29, 0.717) is 35.5 Å². The molecule has 1 aliphatic rings. The molecule has 212 valence electrons. The fourth-order valence-corrected chi connectivity index (χ4v) is 5.09. The number of unbranched alkanes of at least 4 members (excludes halogenated alkanes) is 10. The van der Waals surface area contributed by atoms with Gasteiger partial charge in [-0.25, -0.2) is 0 Å². The summed E-state index contributed by atoms with van der Waals surface area (Å²) in [5.74, 6) is -0.637. The number of aromatic hydroxyl groups is 2. The lowest BCUT2D eigenvalue weighted by molar-refractivity contribution is -0.120. The lowest BCUT2D eigenvalue weighted by Gasteiger charge is -2.18. The standard InChI is InChI=1S/C30H44O8/c1-19-23(31)24(32)21(25(33)28(19)36-3)17-15-13-11-9-7-6-8-10-12-14-16-18-22-26(34)29(37-4)20(2)30(38-5)27(22)35/h32,34-35H,6-18H2,1-5H3. The van der Waals surface area contributed by atoms with Gasteiger partial charge in [-0.05, 0) is 39.5 Å². The van der Waals surface area contributed by atoms with Gasteiger partial charge in [-0.2, -0.15) is 0 Å². The highest BCUT2D eigenvalue weighted by molar-refractivity contribution is 6.23. The second kappa shape index (κ2) is 15.3. The fourth-order valence-electron chi connectivity index (χ4n) is 5.09. The second-order valence-corrected chi connectivity index (χ2v) is 9.90. The average Bonchev–Trinajstić information content (AvgIpc) is 2.89. The summed E-state index contributed by atoms with van der Waals surface area (Å²) in [6, 6.07) is 0. The van der Waals surface area contributed by atoms with Gasteiger partial charge in [-0.3, -0.25) is 9.59 Å². The second-order valence-electron chi connectivity index (χ2n) is 9.90. The van der Waals surface area contributed by atoms with Gasteiger partial charge >= 0.3 is 0 Å². The normalized spacial score (nSPS) is 13.9. The lowest BCUT2D eigenvalue weighted by atomic mass is 9.91. The van der Waals surface area contributed by atoms with Gasteiger partial charge in [0.25, 0.3) is 0 Å². The minimum atomic E-state index is -0.525. The van der Waals surface area contributed by atoms with Gasteiger partial charge in [0.05, 0.1) is 21.3 Å². The van der Waals surface area contributed by atoms with E-state index in [0.717, 1.165) is 57.8 Å². The van der Waals surface area contributed by atoms with Crippen LogP contribution < -0.4 is 9.47 Å². The smallest absolute Gasteiger partial charge is 0.227 e. The number of phenolic OH excluding ortho intramolecular Hbond substituents is 2. The number of ketones is 2. The van der Waals surface area contributed by atoms with Crippen molar-refractivity contribution in [3.8, 4) is 23.0 Å². The van der Waals surface area contributed by atoms with Crippen LogP contribution >= 0.6 is 0 Å². The highest BCUT2D eigenvalue weighted by Crippen LogP contribution is 2.47. The van der Waals surface area contributed by atoms with Crippen molar-refractivity contribution < 1.29 is 39.1 Å². The highest BCUT2D eigenvalue weighted by Gasteiger charge is 2.33. The number of aliphatic hydroxyl groups is 1. The molecule has 0 saturated carbocycles. The Morgan fingerprint density at radius 1 is 0.579 bits per heavy atom. The van der Waals surface area contributed by atoms with Crippen molar-refractivity contribution in [2.45, 2.75) is 97.3 Å². The number of hydrogen-bond donors (Lipinski definition) is 3. The number of benzene rings is 1. The van der Waals surface area contributed by atoms with E-state index in [2.05, 4.69) is 0 Å². The first-order chi connectivity index (χ1) is 18.2. The third kappa shape index (κ3) is 7.45. The van der Waals surface area contributed by atoms with Crippen LogP contribution in [-0.4, -0.2) is 48.2 Å². The number of ether oxygens (including phenoxy) is 3. The molecular weight excluding hydrogens is 488 g/mol. The van der Waals surface area contributed by atoms with Crippen LogP contribution in [0, 0.1) is 6.92 Å². The van der Waals surface area contributed by atoms with E-state index >= 15 is 0 Å². The van der Waals surface area contributed by atoms with Crippen LogP contribution in [-0.2, 0) is 20.7 Å². The summed E-state index contributed by atoms with van der Waals surface area (Å²) in [6.45, 7) is 3.23. The summed E-state index contributed by atoms with van der Waals surface area (Å²) in [5, 5.41) is 31.1. The topological polar surface area (TPSA) is 123 Å². The van der Waals surface area contributed by atoms with Gasteiger partial charge in [0.15, 0.2) is 34.5 Å². The zero-order valence-corrected chi connectivity index (χ0v) is 23.6. The Labute approximate surface area is 226 Å². The molecule has 3 N–H and O–H groups in total. The van der Waals surface area contributed by atoms with E-state index in [9.17, 15) is 24.9 Å². The van der Waals surface area contributed by atoms with Crippen LogP contribution in [0.3, 0.4) is 0 Å². The highest BCUT2D eigenvalue weighted by atomic mass is 16.5. The first-order valence-corrected chi connectivity index (χ1v) is 13.6. The molecule has 0 unspecified atom stereocenters. The van der Waals surface area contributed by atoms with Crippen LogP contribution in [0.4, 0.5) is 0 Å². The molecule has 0 bridgehead atoms. The summed E-state index contributed by atoms with van der Waals surface area (Å²) in [7, 11) is 4.35. The van der Waals surface area contributed by atoms with Crippen LogP contribution in [0.5, 0.6) is 23.0 Å². The van der Waals surface area contributed by atoms with Crippen molar-refractivity contribution in [1.82, 2.24) is 0 Å². The minimum absolute atomic E-state index is 0.0117. The molecule has 0 saturated heterocycles. The average molecular weight is 533 g/mol. The molecule has 1 aliphatic carbocycles. The Balaban J connectivity index is 1.57. The summed E-state index contributed by atoms with van der Waals surface area (Å²) in [6.07, 6.45) is 12.4. The third-order valence-corrected chi connectivity index (χ3v) is 7.31. The Kier molecular flexibility index (Phi) is 12.5. The molecule has 2 rings (SSSR count). The molecule has 0 atom stereocenters. The molecule has 1 aromatic rings. The number of allylic oxidation sites excluding steroid dienone is 2. The predicted molar refractivity (Wildman–Crippen MR) is 146 cm³/mol. The Hall–Kier alpha value is -3.16. The quantitative estimate of drug-likeness (QED) is 0.153. The number of carbonyl (C=O) groups excluding carboxylic acids is 2. The van der Waals surface area contributed by atoms with Crippen molar-refractivity contribution >= 4 is 11.6 Å². The maximum Gasteiger partial charge on any atom is 0.227 e. The molecule has 0 radical (unpaired) electrons. The van der Waals surface area contributed by atoms with Gasteiger partial charge in [-0.1, -0.05) is 57.8 Å². The molecule has 8 heteroatoms. The Morgan fingerprint density at radius 3 is 1.42 bits per heavy atom. The van der Waals surface area contributed by atoms with Crippen molar-refractivity contribution in [3.05, 3.63) is 33.8 Å². The molecule has 1 aromatic carbocycles. The van der Waals surface area contributed by atoms with Crippen LogP contribution in [0.25, 0.3) is 0 Å². The van der Waals surface area contributed by atoms with E-state index in [-0.39, 0.29) is 34.2 Å². The van der Waals surface area contributed by atoms with Gasteiger partial charge in [0, 0.05) is 22.3 Å². The number of rotatable bonds is 17. The van der Waals surface area contributed by atoms with Crippen LogP contribution in [0.2, 0.25) is 0 Å². The van der Waals surface area contributed by atoms with E-state index in [1.807, 2.05) is 0 Å². The van der Waals surface area contributed by atoms with E-state index < -0.39 is 11.5 Å². The first-order valence-electron chi connectivity index (χ1n) is 13.6. The van der Waals surface area contributed by atoms with Crippen LogP contribution in [0.1, 0.15) is 95.1 Å². The number of aliphatic hydroxyl groups excluding tert-OH is 1. The van der Waals surface area contributed by atoms with Gasteiger partial charge in [-0.15, -0.1) is 0 Å². The first kappa shape index (κ1) is 31.1. The molecule has 8 nitrogen and oxygen atoms in total. The van der Waals surface area contributed by atoms with E-state index in [4.69, 9.17) is 14.2 Å². The Bertz CT molecular complexity index is 1020. The fraction of sp³-hybridized carbons (Fsp3) is 0.600. The summed E-state index contributed by atoms with van der Waals surface area (Å²) < 4.78 is 15.7. The number of carbonyl (C=O) groups is 2. The molecule has 0 fully saturated rings. The lowest BCUT2D eigenvalue weighted by Crippen LogP contribution is -2.24. The maximum atomic E-state index is 12.4. The summed E-state index contributed by atoms with van der Waals surface area (Å²) >= 11 is 0. The van der Waals surface area contributed by atoms with Gasteiger partial charge in [0.2, 0.25) is 11.6 Å². The molecular formula is C30H44O8. The predicted octanol–water partition coefficient (Wildman–Crippen LogP) is 6.53. The van der Waals surface area contributed by atoms with Crippen LogP contribution in [0.15, 0.2) is 22.7 Å². The van der Waals surface area contributed by atoms with Crippen molar-refractivity contribution in [1.29, 1.82) is 0 Å². The molecule has 0 heterocycles. The number of hydrogen-bond acceptors (Lipinski definition) is 8. The Morgan fingerprint density at radius 2 is 1.00 bits per heavy atom. The molecule has 38 heavy (non-hydrogen) atoms. The number of methoxy groups -OCH3 is 3. The monoisotopic (exact) mass is 532 g/mol. The largest absolute Gasteiger partial charge is 0.504 e. The number of Topliss-reactive ketones (excluding diaryl/α,β-unsaturated/α-hetero) is 2. The van der Waals surface area contributed by atoms with Crippen molar-refractivity contribution in [3.63, 3.8) is 0 Å². The van der Waals surface area contributed by atoms with Gasteiger partial charge in [0.1, 0.15) is 0 Å². The van der Waals surface area contributed by atoms with Crippen molar-refractivity contribution in [2.75, 3.05) is 21.3 Å². The van der Waals surface area contributed by atoms with Gasteiger partial charge < -0.3 is 29.5 Å².